The van der Waals surface area contributed by atoms with Crippen LogP contribution in [0, 0.1) is 23.2 Å². The molecule has 1 heteroatoms. The predicted molar refractivity (Wildman–Crippen MR) is 79.7 cm³/mol. The number of hydrogen-bond donors (Lipinski definition) is 1. The van der Waals surface area contributed by atoms with Crippen molar-refractivity contribution in [3.63, 3.8) is 0 Å². The second-order valence-electron chi connectivity index (χ2n) is 8.26. The Kier molecular flexibility index (Phi) is 4.11. The molecule has 0 aromatic heterocycles. The van der Waals surface area contributed by atoms with Gasteiger partial charge in [0.15, 0.2) is 0 Å². The standard InChI is InChI=1S/C17H33N/c1-6-13(2)10-17(12-18-16(3,4)5)11-14-7-8-15(17)9-14/h13-15,18H,6-12H2,1-5H3. The molecule has 0 saturated heterocycles. The Hall–Kier alpha value is -0.0400. The van der Waals surface area contributed by atoms with Gasteiger partial charge >= 0.3 is 0 Å². The van der Waals surface area contributed by atoms with Crippen LogP contribution >= 0.6 is 0 Å². The van der Waals surface area contributed by atoms with Crippen molar-refractivity contribution in [1.29, 1.82) is 0 Å². The molecule has 0 amide bonds. The van der Waals surface area contributed by atoms with E-state index >= 15 is 0 Å². The summed E-state index contributed by atoms with van der Waals surface area (Å²) in [5.74, 6) is 2.97. The molecule has 2 aliphatic rings. The molecule has 0 aromatic rings. The Morgan fingerprint density at radius 1 is 1.28 bits per heavy atom. The summed E-state index contributed by atoms with van der Waals surface area (Å²) in [7, 11) is 0. The van der Waals surface area contributed by atoms with E-state index in [1.807, 2.05) is 0 Å². The van der Waals surface area contributed by atoms with Crippen LogP contribution in [0.1, 0.15) is 73.1 Å². The molecule has 2 saturated carbocycles. The van der Waals surface area contributed by atoms with Crippen LogP contribution in [0.25, 0.3) is 0 Å². The molecule has 2 aliphatic carbocycles. The zero-order valence-electron chi connectivity index (χ0n) is 13.2. The number of hydrogen-bond acceptors (Lipinski definition) is 1. The summed E-state index contributed by atoms with van der Waals surface area (Å²) in [4.78, 5) is 0. The van der Waals surface area contributed by atoms with Crippen LogP contribution in [0.3, 0.4) is 0 Å². The average molecular weight is 251 g/mol. The monoisotopic (exact) mass is 251 g/mol. The smallest absolute Gasteiger partial charge is 0.00967 e. The van der Waals surface area contributed by atoms with Crippen LogP contribution in [-0.4, -0.2) is 12.1 Å². The van der Waals surface area contributed by atoms with E-state index in [2.05, 4.69) is 39.9 Å². The van der Waals surface area contributed by atoms with Crippen molar-refractivity contribution in [1.82, 2.24) is 5.32 Å². The highest BCUT2D eigenvalue weighted by atomic mass is 15.0. The SMILES string of the molecule is CCC(C)CC1(CNC(C)(C)C)CC2CCC1C2. The Morgan fingerprint density at radius 2 is 2.00 bits per heavy atom. The van der Waals surface area contributed by atoms with Gasteiger partial charge in [0.25, 0.3) is 0 Å². The van der Waals surface area contributed by atoms with Crippen molar-refractivity contribution in [3.05, 3.63) is 0 Å². The highest BCUT2D eigenvalue weighted by Crippen LogP contribution is 2.58. The lowest BCUT2D eigenvalue weighted by atomic mass is 9.67. The van der Waals surface area contributed by atoms with Gasteiger partial charge in [-0.15, -0.1) is 0 Å². The number of nitrogens with one attached hydrogen (secondary N) is 1. The lowest BCUT2D eigenvalue weighted by molar-refractivity contribution is 0.108. The summed E-state index contributed by atoms with van der Waals surface area (Å²) in [6, 6.07) is 0. The van der Waals surface area contributed by atoms with Crippen LogP contribution in [0.2, 0.25) is 0 Å². The molecule has 4 atom stereocenters. The predicted octanol–water partition coefficient (Wildman–Crippen LogP) is 4.62. The topological polar surface area (TPSA) is 12.0 Å². The molecule has 1 N–H and O–H groups in total. The van der Waals surface area contributed by atoms with Crippen molar-refractivity contribution in [3.8, 4) is 0 Å². The van der Waals surface area contributed by atoms with Gasteiger partial charge in [-0.25, -0.2) is 0 Å². The maximum atomic E-state index is 3.82. The molecule has 0 aromatic carbocycles. The van der Waals surface area contributed by atoms with E-state index in [0.717, 1.165) is 17.8 Å². The van der Waals surface area contributed by atoms with E-state index in [-0.39, 0.29) is 5.54 Å². The Balaban J connectivity index is 2.04. The van der Waals surface area contributed by atoms with Gasteiger partial charge in [-0.3, -0.25) is 0 Å². The summed E-state index contributed by atoms with van der Waals surface area (Å²) in [5, 5.41) is 3.82. The fraction of sp³-hybridized carbons (Fsp3) is 1.00. The summed E-state index contributed by atoms with van der Waals surface area (Å²) in [6.07, 6.45) is 8.85. The lowest BCUT2D eigenvalue weighted by Crippen LogP contribution is -2.46. The molecule has 1 nitrogen and oxygen atoms in total. The summed E-state index contributed by atoms with van der Waals surface area (Å²) in [5.41, 5.74) is 0.899. The van der Waals surface area contributed by atoms with Crippen LogP contribution in [0.4, 0.5) is 0 Å². The van der Waals surface area contributed by atoms with E-state index in [9.17, 15) is 0 Å². The molecule has 0 spiro atoms. The van der Waals surface area contributed by atoms with Gasteiger partial charge in [0.1, 0.15) is 0 Å². The van der Waals surface area contributed by atoms with Crippen molar-refractivity contribution in [2.75, 3.05) is 6.54 Å². The zero-order chi connectivity index (χ0) is 13.4. The lowest BCUT2D eigenvalue weighted by Gasteiger charge is -2.42. The van der Waals surface area contributed by atoms with Crippen molar-refractivity contribution in [2.45, 2.75) is 78.7 Å². The van der Waals surface area contributed by atoms with Crippen LogP contribution in [0.5, 0.6) is 0 Å². The first-order chi connectivity index (χ1) is 8.35. The highest BCUT2D eigenvalue weighted by Gasteiger charge is 2.50. The quantitative estimate of drug-likeness (QED) is 0.752. The van der Waals surface area contributed by atoms with Gasteiger partial charge in [-0.05, 0) is 69.6 Å². The molecule has 4 unspecified atom stereocenters. The van der Waals surface area contributed by atoms with Crippen molar-refractivity contribution < 1.29 is 0 Å². The van der Waals surface area contributed by atoms with Gasteiger partial charge in [-0.2, -0.15) is 0 Å². The molecule has 0 radical (unpaired) electrons. The van der Waals surface area contributed by atoms with Gasteiger partial charge in [0.05, 0.1) is 0 Å². The first-order valence-electron chi connectivity index (χ1n) is 8.10. The summed E-state index contributed by atoms with van der Waals surface area (Å²) >= 11 is 0. The fourth-order valence-electron chi connectivity index (χ4n) is 4.38. The van der Waals surface area contributed by atoms with E-state index in [4.69, 9.17) is 0 Å². The molecule has 18 heavy (non-hydrogen) atoms. The van der Waals surface area contributed by atoms with Crippen molar-refractivity contribution >= 4 is 0 Å². The molecule has 2 rings (SSSR count). The molecule has 2 fully saturated rings. The Morgan fingerprint density at radius 3 is 2.44 bits per heavy atom. The molecule has 0 heterocycles. The molecular weight excluding hydrogens is 218 g/mol. The third kappa shape index (κ3) is 3.10. The summed E-state index contributed by atoms with van der Waals surface area (Å²) in [6.45, 7) is 13.0. The third-order valence-electron chi connectivity index (χ3n) is 5.53. The molecule has 2 bridgehead atoms. The van der Waals surface area contributed by atoms with Crippen LogP contribution in [0.15, 0.2) is 0 Å². The van der Waals surface area contributed by atoms with Gasteiger partial charge in [0.2, 0.25) is 0 Å². The van der Waals surface area contributed by atoms with Gasteiger partial charge in [-0.1, -0.05) is 26.7 Å². The zero-order valence-corrected chi connectivity index (χ0v) is 13.2. The Labute approximate surface area is 114 Å². The molecule has 0 aliphatic heterocycles. The minimum Gasteiger partial charge on any atom is -0.312 e. The maximum absolute atomic E-state index is 3.82. The molecular formula is C17H33N. The van der Waals surface area contributed by atoms with Crippen LogP contribution < -0.4 is 5.32 Å². The van der Waals surface area contributed by atoms with Gasteiger partial charge in [0, 0.05) is 12.1 Å². The van der Waals surface area contributed by atoms with E-state index in [1.165, 1.54) is 45.1 Å². The number of rotatable bonds is 5. The fourth-order valence-corrected chi connectivity index (χ4v) is 4.38. The van der Waals surface area contributed by atoms with Crippen molar-refractivity contribution in [2.24, 2.45) is 23.2 Å². The first kappa shape index (κ1) is 14.4. The Bertz CT molecular complexity index is 278. The maximum Gasteiger partial charge on any atom is 0.00967 e. The van der Waals surface area contributed by atoms with E-state index < -0.39 is 0 Å². The minimum atomic E-state index is 0.268. The van der Waals surface area contributed by atoms with Gasteiger partial charge < -0.3 is 5.32 Å². The second kappa shape index (κ2) is 5.15. The summed E-state index contributed by atoms with van der Waals surface area (Å²) < 4.78 is 0. The minimum absolute atomic E-state index is 0.268. The van der Waals surface area contributed by atoms with E-state index in [1.54, 1.807) is 0 Å². The first-order valence-corrected chi connectivity index (χ1v) is 8.10. The average Bonchev–Trinajstić information content (AvgIpc) is 2.86. The highest BCUT2D eigenvalue weighted by molar-refractivity contribution is 5.02. The second-order valence-corrected chi connectivity index (χ2v) is 8.26. The third-order valence-corrected chi connectivity index (χ3v) is 5.53. The van der Waals surface area contributed by atoms with E-state index in [0.29, 0.717) is 5.41 Å². The largest absolute Gasteiger partial charge is 0.312 e. The number of fused-ring (bicyclic) bond motifs is 2. The van der Waals surface area contributed by atoms with Crippen LogP contribution in [-0.2, 0) is 0 Å². The molecule has 106 valence electrons. The normalized spacial score (nSPS) is 37.2.